The largest absolute Gasteiger partial charge is 0.508 e. The van der Waals surface area contributed by atoms with Crippen LogP contribution in [0.1, 0.15) is 32.3 Å². The fourth-order valence-electron chi connectivity index (χ4n) is 2.69. The third kappa shape index (κ3) is 4.05. The summed E-state index contributed by atoms with van der Waals surface area (Å²) in [5, 5.41) is 20.0. The summed E-state index contributed by atoms with van der Waals surface area (Å²) in [7, 11) is 0. The number of ether oxygens (including phenoxy) is 1. The van der Waals surface area contributed by atoms with E-state index in [1.165, 1.54) is 17.0 Å². The number of aliphatic carboxylic acids is 1. The van der Waals surface area contributed by atoms with Crippen LogP contribution in [0.25, 0.3) is 0 Å². The van der Waals surface area contributed by atoms with Gasteiger partial charge in [-0.25, -0.2) is 4.79 Å². The van der Waals surface area contributed by atoms with Crippen molar-refractivity contribution in [3.8, 4) is 5.75 Å². The highest BCUT2D eigenvalue weighted by Gasteiger charge is 2.43. The molecule has 0 aromatic heterocycles. The van der Waals surface area contributed by atoms with Crippen molar-refractivity contribution in [1.29, 1.82) is 0 Å². The third-order valence-electron chi connectivity index (χ3n) is 3.76. The highest BCUT2D eigenvalue weighted by Crippen LogP contribution is 2.41. The molecule has 132 valence electrons. The van der Waals surface area contributed by atoms with E-state index in [-0.39, 0.29) is 28.9 Å². The normalized spacial score (nSPS) is 21.0. The maximum absolute atomic E-state index is 12.2. The quantitative estimate of drug-likeness (QED) is 0.821. The molecule has 2 rings (SSSR count). The SMILES string of the molecule is CC(C)(C)OC(=O)N1CC(C(=O)O)C(c2cc(Cl)c(Cl)cc2O)C1. The summed E-state index contributed by atoms with van der Waals surface area (Å²) in [6.07, 6.45) is -0.587. The Bertz CT molecular complexity index is 671. The van der Waals surface area contributed by atoms with Gasteiger partial charge in [0.2, 0.25) is 0 Å². The monoisotopic (exact) mass is 375 g/mol. The van der Waals surface area contributed by atoms with Gasteiger partial charge in [-0.05, 0) is 26.8 Å². The first-order chi connectivity index (χ1) is 11.0. The molecule has 1 fully saturated rings. The van der Waals surface area contributed by atoms with E-state index in [1.54, 1.807) is 20.8 Å². The number of hydrogen-bond donors (Lipinski definition) is 2. The van der Waals surface area contributed by atoms with Gasteiger partial charge in [-0.2, -0.15) is 0 Å². The molecule has 1 aliphatic heterocycles. The number of rotatable bonds is 2. The Morgan fingerprint density at radius 3 is 2.33 bits per heavy atom. The number of nitrogens with zero attached hydrogens (tertiary/aromatic N) is 1. The van der Waals surface area contributed by atoms with E-state index in [1.807, 2.05) is 0 Å². The Morgan fingerprint density at radius 2 is 1.79 bits per heavy atom. The Labute approximate surface area is 149 Å². The molecular formula is C16H19Cl2NO5. The standard InChI is InChI=1S/C16H19Cl2NO5/c1-16(2,3)24-15(23)19-6-9(10(7-19)14(21)22)8-4-11(17)12(18)5-13(8)20/h4-5,9-10,20H,6-7H2,1-3H3,(H,21,22). The average Bonchev–Trinajstić information content (AvgIpc) is 2.86. The zero-order chi connectivity index (χ0) is 18.2. The molecule has 2 N–H and O–H groups in total. The molecule has 1 aliphatic rings. The van der Waals surface area contributed by atoms with Crippen molar-refractivity contribution in [2.75, 3.05) is 13.1 Å². The Balaban J connectivity index is 2.31. The van der Waals surface area contributed by atoms with Gasteiger partial charge >= 0.3 is 12.1 Å². The van der Waals surface area contributed by atoms with Gasteiger partial charge in [0.1, 0.15) is 11.4 Å². The van der Waals surface area contributed by atoms with Crippen LogP contribution in [0.2, 0.25) is 10.0 Å². The number of aromatic hydroxyl groups is 1. The molecular weight excluding hydrogens is 357 g/mol. The second-order valence-corrected chi connectivity index (χ2v) is 7.58. The number of phenols is 1. The first-order valence-corrected chi connectivity index (χ1v) is 8.14. The number of hydrogen-bond acceptors (Lipinski definition) is 4. The highest BCUT2D eigenvalue weighted by atomic mass is 35.5. The summed E-state index contributed by atoms with van der Waals surface area (Å²) in [4.78, 5) is 25.1. The van der Waals surface area contributed by atoms with E-state index in [2.05, 4.69) is 0 Å². The number of carboxylic acids is 1. The number of carbonyl (C=O) groups is 2. The number of halogens is 2. The minimum Gasteiger partial charge on any atom is -0.508 e. The van der Waals surface area contributed by atoms with Crippen molar-refractivity contribution in [3.63, 3.8) is 0 Å². The number of likely N-dealkylation sites (tertiary alicyclic amines) is 1. The van der Waals surface area contributed by atoms with Crippen LogP contribution in [0.15, 0.2) is 12.1 Å². The lowest BCUT2D eigenvalue weighted by atomic mass is 9.88. The summed E-state index contributed by atoms with van der Waals surface area (Å²) in [6.45, 7) is 5.31. The minimum absolute atomic E-state index is 0.00536. The first kappa shape index (κ1) is 18.7. The summed E-state index contributed by atoms with van der Waals surface area (Å²) >= 11 is 11.8. The summed E-state index contributed by atoms with van der Waals surface area (Å²) in [5.74, 6) is -2.69. The number of benzene rings is 1. The van der Waals surface area contributed by atoms with Crippen molar-refractivity contribution in [3.05, 3.63) is 27.7 Å². The van der Waals surface area contributed by atoms with Crippen LogP contribution >= 0.6 is 23.2 Å². The van der Waals surface area contributed by atoms with E-state index >= 15 is 0 Å². The van der Waals surface area contributed by atoms with Gasteiger partial charge in [-0.15, -0.1) is 0 Å². The van der Waals surface area contributed by atoms with Gasteiger partial charge in [0, 0.05) is 30.6 Å². The van der Waals surface area contributed by atoms with Crippen LogP contribution in [0.3, 0.4) is 0 Å². The fraction of sp³-hybridized carbons (Fsp3) is 0.500. The second kappa shape index (κ2) is 6.69. The molecule has 1 amide bonds. The maximum Gasteiger partial charge on any atom is 0.410 e. The second-order valence-electron chi connectivity index (χ2n) is 6.76. The van der Waals surface area contributed by atoms with Crippen molar-refractivity contribution in [2.24, 2.45) is 5.92 Å². The molecule has 24 heavy (non-hydrogen) atoms. The van der Waals surface area contributed by atoms with Gasteiger partial charge in [-0.1, -0.05) is 23.2 Å². The van der Waals surface area contributed by atoms with Gasteiger partial charge in [0.25, 0.3) is 0 Å². The lowest BCUT2D eigenvalue weighted by molar-refractivity contribution is -0.141. The summed E-state index contributed by atoms with van der Waals surface area (Å²) in [5.41, 5.74) is -0.331. The van der Waals surface area contributed by atoms with Gasteiger partial charge in [-0.3, -0.25) is 4.79 Å². The molecule has 0 spiro atoms. The highest BCUT2D eigenvalue weighted by molar-refractivity contribution is 6.42. The topological polar surface area (TPSA) is 87.1 Å². The van der Waals surface area contributed by atoms with E-state index < -0.39 is 29.5 Å². The molecule has 1 heterocycles. The lowest BCUT2D eigenvalue weighted by Crippen LogP contribution is -2.35. The Kier molecular flexibility index (Phi) is 5.20. The van der Waals surface area contributed by atoms with E-state index in [0.29, 0.717) is 5.56 Å². The predicted octanol–water partition coefficient (Wildman–Crippen LogP) is 3.73. The van der Waals surface area contributed by atoms with Crippen molar-refractivity contribution >= 4 is 35.3 Å². The summed E-state index contributed by atoms with van der Waals surface area (Å²) < 4.78 is 5.29. The van der Waals surface area contributed by atoms with Gasteiger partial charge < -0.3 is 19.8 Å². The van der Waals surface area contributed by atoms with Crippen LogP contribution in [0.5, 0.6) is 5.75 Å². The van der Waals surface area contributed by atoms with Crippen LogP contribution < -0.4 is 0 Å². The molecule has 0 radical (unpaired) electrons. The van der Waals surface area contributed by atoms with Crippen molar-refractivity contribution in [2.45, 2.75) is 32.3 Å². The lowest BCUT2D eigenvalue weighted by Gasteiger charge is -2.24. The molecule has 0 saturated carbocycles. The number of phenolic OH excluding ortho intramolecular Hbond substituents is 1. The fourth-order valence-corrected chi connectivity index (χ4v) is 3.02. The Hall–Kier alpha value is -1.66. The van der Waals surface area contributed by atoms with Crippen LogP contribution in [-0.4, -0.2) is 45.9 Å². The minimum atomic E-state index is -1.06. The number of amides is 1. The molecule has 8 heteroatoms. The number of carboxylic acid groups (broad SMARTS) is 1. The molecule has 1 aromatic carbocycles. The molecule has 6 nitrogen and oxygen atoms in total. The molecule has 0 bridgehead atoms. The van der Waals surface area contributed by atoms with E-state index in [4.69, 9.17) is 27.9 Å². The predicted molar refractivity (Wildman–Crippen MR) is 89.8 cm³/mol. The van der Waals surface area contributed by atoms with E-state index in [9.17, 15) is 19.8 Å². The molecule has 1 aromatic rings. The summed E-state index contributed by atoms with van der Waals surface area (Å²) in [6, 6.07) is 2.71. The zero-order valence-electron chi connectivity index (χ0n) is 13.5. The number of carbonyl (C=O) groups excluding carboxylic acids is 1. The van der Waals surface area contributed by atoms with E-state index in [0.717, 1.165) is 0 Å². The third-order valence-corrected chi connectivity index (χ3v) is 4.48. The van der Waals surface area contributed by atoms with Crippen LogP contribution in [0.4, 0.5) is 4.79 Å². The first-order valence-electron chi connectivity index (χ1n) is 7.38. The molecule has 0 aliphatic carbocycles. The average molecular weight is 376 g/mol. The zero-order valence-corrected chi connectivity index (χ0v) is 15.1. The van der Waals surface area contributed by atoms with Crippen LogP contribution in [-0.2, 0) is 9.53 Å². The van der Waals surface area contributed by atoms with Crippen LogP contribution in [0, 0.1) is 5.92 Å². The Morgan fingerprint density at radius 1 is 1.21 bits per heavy atom. The molecule has 1 saturated heterocycles. The molecule has 2 atom stereocenters. The van der Waals surface area contributed by atoms with Gasteiger partial charge in [0.15, 0.2) is 0 Å². The van der Waals surface area contributed by atoms with Gasteiger partial charge in [0.05, 0.1) is 16.0 Å². The maximum atomic E-state index is 12.2. The van der Waals surface area contributed by atoms with Crippen molar-refractivity contribution < 1.29 is 24.5 Å². The van der Waals surface area contributed by atoms with Crippen molar-refractivity contribution in [1.82, 2.24) is 4.90 Å². The smallest absolute Gasteiger partial charge is 0.410 e. The molecule has 2 unspecified atom stereocenters.